The van der Waals surface area contributed by atoms with Gasteiger partial charge in [-0.2, -0.15) is 0 Å². The van der Waals surface area contributed by atoms with Gasteiger partial charge in [-0.25, -0.2) is 4.79 Å². The molecule has 0 aliphatic rings. The highest BCUT2D eigenvalue weighted by molar-refractivity contribution is 7.12. The molecule has 6 nitrogen and oxygen atoms in total. The molecule has 27 heavy (non-hydrogen) atoms. The summed E-state index contributed by atoms with van der Waals surface area (Å²) in [6.45, 7) is 11.0. The Balaban J connectivity index is 2.36. The lowest BCUT2D eigenvalue weighted by molar-refractivity contribution is 0.0519. The highest BCUT2D eigenvalue weighted by atomic mass is 32.1. The van der Waals surface area contributed by atoms with Gasteiger partial charge in [0.05, 0.1) is 17.5 Å². The Kier molecular flexibility index (Phi) is 6.74. The molecule has 1 amide bonds. The topological polar surface area (TPSA) is 79.5 Å². The Hall–Kier alpha value is -2.67. The van der Waals surface area contributed by atoms with Crippen LogP contribution in [0.1, 0.15) is 55.6 Å². The largest absolute Gasteiger partial charge is 0.461 e. The number of thiophene rings is 1. The number of nitrogens with zero attached hydrogens (tertiary/aromatic N) is 1. The summed E-state index contributed by atoms with van der Waals surface area (Å²) in [5.41, 5.74) is 1.79. The number of nitrogens with one attached hydrogen (secondary N) is 1. The summed E-state index contributed by atoms with van der Waals surface area (Å²) in [6, 6.07) is 2.81. The first-order valence-corrected chi connectivity index (χ1v) is 9.57. The highest BCUT2D eigenvalue weighted by Gasteiger charge is 2.31. The first kappa shape index (κ1) is 20.6. The minimum atomic E-state index is -0.708. The van der Waals surface area contributed by atoms with Gasteiger partial charge in [-0.1, -0.05) is 12.1 Å². The number of amides is 1. The smallest absolute Gasteiger partial charge is 0.355 e. The van der Waals surface area contributed by atoms with E-state index in [1.165, 1.54) is 16.2 Å². The van der Waals surface area contributed by atoms with Crippen LogP contribution in [-0.4, -0.2) is 46.7 Å². The Labute approximate surface area is 162 Å². The SMILES string of the molecule is C=CCN(C(=O)c1cccs1)[C@H](C)C(=O)c1c(C)[nH]c(C(=O)OCC)c1C. The lowest BCUT2D eigenvalue weighted by Crippen LogP contribution is -2.43. The zero-order valence-corrected chi connectivity index (χ0v) is 16.8. The monoisotopic (exact) mass is 388 g/mol. The molecule has 0 radical (unpaired) electrons. The molecule has 144 valence electrons. The first-order chi connectivity index (χ1) is 12.8. The van der Waals surface area contributed by atoms with Crippen molar-refractivity contribution in [3.63, 3.8) is 0 Å². The molecule has 1 N–H and O–H groups in total. The zero-order valence-electron chi connectivity index (χ0n) is 16.0. The number of esters is 1. The standard InChI is InChI=1S/C20H24N2O4S/c1-6-10-22(19(24)15-9-8-11-27-15)14(5)18(23)16-12(3)17(21-13(16)4)20(25)26-7-2/h6,8-9,11,14,21H,1,7,10H2,2-5H3/t14-/m1/s1. The van der Waals surface area contributed by atoms with Crippen LogP contribution in [0.3, 0.4) is 0 Å². The number of rotatable bonds is 8. The van der Waals surface area contributed by atoms with E-state index in [-0.39, 0.29) is 30.5 Å². The van der Waals surface area contributed by atoms with Gasteiger partial charge in [0.15, 0.2) is 5.78 Å². The van der Waals surface area contributed by atoms with Crippen molar-refractivity contribution >= 4 is 29.0 Å². The van der Waals surface area contributed by atoms with E-state index in [2.05, 4.69) is 11.6 Å². The number of hydrogen-bond acceptors (Lipinski definition) is 5. The Morgan fingerprint density at radius 1 is 1.37 bits per heavy atom. The number of ketones is 1. The third kappa shape index (κ3) is 4.19. The maximum atomic E-state index is 13.2. The van der Waals surface area contributed by atoms with Gasteiger partial charge in [0.1, 0.15) is 5.69 Å². The molecule has 0 aliphatic carbocycles. The van der Waals surface area contributed by atoms with Crippen LogP contribution in [0.15, 0.2) is 30.2 Å². The maximum Gasteiger partial charge on any atom is 0.355 e. The molecular formula is C20H24N2O4S. The van der Waals surface area contributed by atoms with Gasteiger partial charge in [-0.3, -0.25) is 9.59 Å². The summed E-state index contributed by atoms with van der Waals surface area (Å²) in [6.07, 6.45) is 1.59. The van der Waals surface area contributed by atoms with Gasteiger partial charge >= 0.3 is 5.97 Å². The highest BCUT2D eigenvalue weighted by Crippen LogP contribution is 2.23. The van der Waals surface area contributed by atoms with Crippen molar-refractivity contribution in [1.29, 1.82) is 0 Å². The number of aromatic nitrogens is 1. The normalized spacial score (nSPS) is 11.7. The number of Topliss-reactive ketones (excluding diaryl/α,β-unsaturated/α-hetero) is 1. The molecule has 0 aromatic carbocycles. The number of ether oxygens (including phenoxy) is 1. The molecule has 0 saturated heterocycles. The van der Waals surface area contributed by atoms with Crippen molar-refractivity contribution in [2.24, 2.45) is 0 Å². The number of hydrogen-bond donors (Lipinski definition) is 1. The number of carbonyl (C=O) groups excluding carboxylic acids is 3. The molecule has 0 saturated carbocycles. The molecule has 7 heteroatoms. The maximum absolute atomic E-state index is 13.2. The van der Waals surface area contributed by atoms with Crippen LogP contribution >= 0.6 is 11.3 Å². The second-order valence-electron chi connectivity index (χ2n) is 6.11. The van der Waals surface area contributed by atoms with E-state index in [4.69, 9.17) is 4.74 Å². The van der Waals surface area contributed by atoms with E-state index >= 15 is 0 Å². The predicted octanol–water partition coefficient (Wildman–Crippen LogP) is 3.77. The lowest BCUT2D eigenvalue weighted by atomic mass is 9.99. The lowest BCUT2D eigenvalue weighted by Gasteiger charge is -2.27. The quantitative estimate of drug-likeness (QED) is 0.424. The van der Waals surface area contributed by atoms with Crippen molar-refractivity contribution in [1.82, 2.24) is 9.88 Å². The fourth-order valence-electron chi connectivity index (χ4n) is 2.98. The predicted molar refractivity (Wildman–Crippen MR) is 106 cm³/mol. The molecule has 0 spiro atoms. The zero-order chi connectivity index (χ0) is 20.1. The van der Waals surface area contributed by atoms with Crippen LogP contribution in [-0.2, 0) is 4.74 Å². The molecule has 2 aromatic rings. The van der Waals surface area contributed by atoms with Gasteiger partial charge < -0.3 is 14.6 Å². The molecule has 0 fully saturated rings. The van der Waals surface area contributed by atoms with E-state index in [1.807, 2.05) is 5.38 Å². The van der Waals surface area contributed by atoms with Crippen molar-refractivity contribution in [2.75, 3.05) is 13.2 Å². The second kappa shape index (κ2) is 8.81. The molecule has 0 bridgehead atoms. The van der Waals surface area contributed by atoms with Crippen molar-refractivity contribution in [2.45, 2.75) is 33.7 Å². The van der Waals surface area contributed by atoms with Crippen LogP contribution in [0.5, 0.6) is 0 Å². The van der Waals surface area contributed by atoms with Crippen molar-refractivity contribution in [3.05, 3.63) is 57.6 Å². The summed E-state index contributed by atoms with van der Waals surface area (Å²) < 4.78 is 5.03. The van der Waals surface area contributed by atoms with Gasteiger partial charge in [-0.05, 0) is 44.7 Å². The summed E-state index contributed by atoms with van der Waals surface area (Å²) in [7, 11) is 0. The molecule has 0 aliphatic heterocycles. The minimum Gasteiger partial charge on any atom is -0.461 e. The van der Waals surface area contributed by atoms with E-state index in [0.717, 1.165) is 0 Å². The van der Waals surface area contributed by atoms with Gasteiger partial charge in [0.2, 0.25) is 0 Å². The first-order valence-electron chi connectivity index (χ1n) is 8.69. The summed E-state index contributed by atoms with van der Waals surface area (Å²) >= 11 is 1.33. The second-order valence-corrected chi connectivity index (χ2v) is 7.06. The third-order valence-corrected chi connectivity index (χ3v) is 5.19. The van der Waals surface area contributed by atoms with E-state index in [1.54, 1.807) is 45.9 Å². The number of aromatic amines is 1. The molecular weight excluding hydrogens is 364 g/mol. The van der Waals surface area contributed by atoms with Crippen LogP contribution in [0.25, 0.3) is 0 Å². The van der Waals surface area contributed by atoms with Crippen molar-refractivity contribution in [3.8, 4) is 0 Å². The third-order valence-electron chi connectivity index (χ3n) is 4.33. The average molecular weight is 388 g/mol. The van der Waals surface area contributed by atoms with Crippen LogP contribution in [0, 0.1) is 13.8 Å². The number of carbonyl (C=O) groups is 3. The summed E-state index contributed by atoms with van der Waals surface area (Å²) in [5.74, 6) is -0.951. The molecule has 0 unspecified atom stereocenters. The fourth-order valence-corrected chi connectivity index (χ4v) is 3.65. The van der Waals surface area contributed by atoms with E-state index in [9.17, 15) is 14.4 Å². The van der Waals surface area contributed by atoms with E-state index in [0.29, 0.717) is 21.7 Å². The number of aryl methyl sites for hydroxylation is 1. The van der Waals surface area contributed by atoms with Gasteiger partial charge in [0, 0.05) is 17.8 Å². The Morgan fingerprint density at radius 2 is 2.07 bits per heavy atom. The summed E-state index contributed by atoms with van der Waals surface area (Å²) in [4.78, 5) is 43.0. The van der Waals surface area contributed by atoms with Crippen LogP contribution < -0.4 is 0 Å². The van der Waals surface area contributed by atoms with Crippen molar-refractivity contribution < 1.29 is 19.1 Å². The minimum absolute atomic E-state index is 0.220. The molecule has 2 rings (SSSR count). The Bertz CT molecular complexity index is 852. The fraction of sp³-hybridized carbons (Fsp3) is 0.350. The summed E-state index contributed by atoms with van der Waals surface area (Å²) in [5, 5.41) is 1.82. The van der Waals surface area contributed by atoms with Crippen LogP contribution in [0.4, 0.5) is 0 Å². The van der Waals surface area contributed by atoms with E-state index < -0.39 is 12.0 Å². The molecule has 2 heterocycles. The number of H-pyrrole nitrogens is 1. The van der Waals surface area contributed by atoms with Crippen LogP contribution in [0.2, 0.25) is 0 Å². The Morgan fingerprint density at radius 3 is 2.63 bits per heavy atom. The average Bonchev–Trinajstić information content (AvgIpc) is 3.26. The molecule has 2 aromatic heterocycles. The molecule has 1 atom stereocenters. The van der Waals surface area contributed by atoms with Gasteiger partial charge in [-0.15, -0.1) is 17.9 Å². The van der Waals surface area contributed by atoms with Gasteiger partial charge in [0.25, 0.3) is 5.91 Å².